The van der Waals surface area contributed by atoms with Gasteiger partial charge in [0, 0.05) is 55.0 Å². The summed E-state index contributed by atoms with van der Waals surface area (Å²) in [5, 5.41) is 8.01. The van der Waals surface area contributed by atoms with Gasteiger partial charge in [-0.15, -0.1) is 24.0 Å². The fourth-order valence-corrected chi connectivity index (χ4v) is 3.00. The Hall–Kier alpha value is -2.09. The normalized spacial score (nSPS) is 11.2. The molecular weight excluding hydrogens is 449 g/mol. The van der Waals surface area contributed by atoms with E-state index < -0.39 is 0 Å². The van der Waals surface area contributed by atoms with Crippen LogP contribution < -0.4 is 10.6 Å². The number of hydrogen-bond acceptors (Lipinski definition) is 2. The van der Waals surface area contributed by atoms with Gasteiger partial charge in [0.15, 0.2) is 5.96 Å². The molecule has 6 heteroatoms. The lowest BCUT2D eigenvalue weighted by Gasteiger charge is -2.11. The van der Waals surface area contributed by atoms with Gasteiger partial charge in [-0.1, -0.05) is 24.3 Å². The van der Waals surface area contributed by atoms with Gasteiger partial charge in [-0.05, 0) is 43.5 Å². The van der Waals surface area contributed by atoms with E-state index in [0.717, 1.165) is 50.6 Å². The van der Waals surface area contributed by atoms with E-state index in [-0.39, 0.29) is 24.0 Å². The number of rotatable bonds is 8. The van der Waals surface area contributed by atoms with Crippen molar-refractivity contribution in [3.05, 3.63) is 66.1 Å². The van der Waals surface area contributed by atoms with E-state index in [1.165, 1.54) is 16.5 Å². The molecule has 0 amide bonds. The van der Waals surface area contributed by atoms with Crippen molar-refractivity contribution in [2.24, 2.45) is 4.99 Å². The van der Waals surface area contributed by atoms with E-state index in [9.17, 15) is 0 Å². The van der Waals surface area contributed by atoms with Crippen molar-refractivity contribution in [1.82, 2.24) is 20.6 Å². The number of aromatic nitrogens is 2. The second-order valence-corrected chi connectivity index (χ2v) is 6.22. The summed E-state index contributed by atoms with van der Waals surface area (Å²) >= 11 is 0. The smallest absolute Gasteiger partial charge is 0.191 e. The quantitative estimate of drug-likeness (QED) is 0.200. The van der Waals surface area contributed by atoms with Gasteiger partial charge < -0.3 is 15.6 Å². The molecule has 27 heavy (non-hydrogen) atoms. The van der Waals surface area contributed by atoms with E-state index in [1.54, 1.807) is 0 Å². The van der Waals surface area contributed by atoms with Gasteiger partial charge in [-0.3, -0.25) is 9.98 Å². The van der Waals surface area contributed by atoms with Crippen LogP contribution in [0.25, 0.3) is 10.9 Å². The molecule has 2 heterocycles. The van der Waals surface area contributed by atoms with Gasteiger partial charge in [0.25, 0.3) is 0 Å². The Bertz CT molecular complexity index is 829. The molecule has 0 aliphatic carbocycles. The van der Waals surface area contributed by atoms with Crippen LogP contribution in [0.3, 0.4) is 0 Å². The van der Waals surface area contributed by atoms with Crippen molar-refractivity contribution in [2.75, 3.05) is 19.6 Å². The number of nitrogens with zero attached hydrogens (tertiary/aromatic N) is 2. The van der Waals surface area contributed by atoms with E-state index in [0.29, 0.717) is 0 Å². The molecule has 144 valence electrons. The Morgan fingerprint density at radius 3 is 2.74 bits per heavy atom. The van der Waals surface area contributed by atoms with Gasteiger partial charge in [0.2, 0.25) is 0 Å². The minimum absolute atomic E-state index is 0. The summed E-state index contributed by atoms with van der Waals surface area (Å²) in [4.78, 5) is 12.4. The van der Waals surface area contributed by atoms with Gasteiger partial charge in [0.1, 0.15) is 0 Å². The SMILES string of the molecule is CCNC(=NCCCc1c[nH]c2ccccc12)NCCc1ccccn1.I. The first-order valence-electron chi connectivity index (χ1n) is 9.34. The lowest BCUT2D eigenvalue weighted by Crippen LogP contribution is -2.38. The molecule has 0 saturated heterocycles. The standard InChI is InChI=1S/C21H27N5.HI/c1-2-22-21(25-15-12-18-9-5-6-13-23-18)24-14-7-8-17-16-26-20-11-4-3-10-19(17)20;/h3-6,9-11,13,16,26H,2,7-8,12,14-15H2,1H3,(H2,22,24,25);1H. The summed E-state index contributed by atoms with van der Waals surface area (Å²) in [6.45, 7) is 4.57. The summed E-state index contributed by atoms with van der Waals surface area (Å²) in [6.07, 6.45) is 6.89. The summed E-state index contributed by atoms with van der Waals surface area (Å²) in [6, 6.07) is 14.5. The molecule has 0 radical (unpaired) electrons. The number of nitrogens with one attached hydrogen (secondary N) is 3. The first-order chi connectivity index (χ1) is 12.9. The Balaban J connectivity index is 0.00000261. The van der Waals surface area contributed by atoms with Crippen LogP contribution in [0.4, 0.5) is 0 Å². The third kappa shape index (κ3) is 6.53. The molecule has 1 aromatic carbocycles. The van der Waals surface area contributed by atoms with Crippen molar-refractivity contribution in [1.29, 1.82) is 0 Å². The Labute approximate surface area is 178 Å². The van der Waals surface area contributed by atoms with Crippen LogP contribution in [0.5, 0.6) is 0 Å². The second kappa shape index (κ2) is 11.6. The Morgan fingerprint density at radius 1 is 1.07 bits per heavy atom. The van der Waals surface area contributed by atoms with Crippen LogP contribution >= 0.6 is 24.0 Å². The summed E-state index contributed by atoms with van der Waals surface area (Å²) in [5.74, 6) is 0.877. The van der Waals surface area contributed by atoms with E-state index in [4.69, 9.17) is 0 Å². The molecule has 5 nitrogen and oxygen atoms in total. The molecule has 0 atom stereocenters. The molecule has 2 aromatic heterocycles. The molecule has 3 rings (SSSR count). The van der Waals surface area contributed by atoms with Crippen LogP contribution in [-0.2, 0) is 12.8 Å². The summed E-state index contributed by atoms with van der Waals surface area (Å²) in [5.41, 5.74) is 3.66. The average Bonchev–Trinajstić information content (AvgIpc) is 3.09. The van der Waals surface area contributed by atoms with Crippen LogP contribution in [0.1, 0.15) is 24.6 Å². The number of aliphatic imine (C=N–C) groups is 1. The van der Waals surface area contributed by atoms with E-state index >= 15 is 0 Å². The maximum atomic E-state index is 4.69. The van der Waals surface area contributed by atoms with Crippen LogP contribution in [0.2, 0.25) is 0 Å². The summed E-state index contributed by atoms with van der Waals surface area (Å²) in [7, 11) is 0. The highest BCUT2D eigenvalue weighted by Crippen LogP contribution is 2.18. The predicted octanol–water partition coefficient (Wildman–Crippen LogP) is 3.91. The molecule has 0 aliphatic heterocycles. The first kappa shape index (κ1) is 21.2. The Morgan fingerprint density at radius 2 is 1.93 bits per heavy atom. The molecule has 3 aromatic rings. The number of hydrogen-bond donors (Lipinski definition) is 3. The molecule has 0 fully saturated rings. The number of guanidine groups is 1. The van der Waals surface area contributed by atoms with Crippen molar-refractivity contribution in [3.63, 3.8) is 0 Å². The molecular formula is C21H28IN5. The topological polar surface area (TPSA) is 65.1 Å². The third-order valence-corrected chi connectivity index (χ3v) is 4.29. The minimum Gasteiger partial charge on any atom is -0.361 e. The lowest BCUT2D eigenvalue weighted by atomic mass is 10.1. The number of para-hydroxylation sites is 1. The number of halogens is 1. The molecule has 0 spiro atoms. The summed E-state index contributed by atoms with van der Waals surface area (Å²) < 4.78 is 0. The predicted molar refractivity (Wildman–Crippen MR) is 124 cm³/mol. The van der Waals surface area contributed by atoms with Gasteiger partial charge >= 0.3 is 0 Å². The molecule has 0 aliphatic rings. The highest BCUT2D eigenvalue weighted by atomic mass is 127. The number of fused-ring (bicyclic) bond motifs is 1. The highest BCUT2D eigenvalue weighted by molar-refractivity contribution is 14.0. The number of H-pyrrole nitrogens is 1. The zero-order valence-corrected chi connectivity index (χ0v) is 18.1. The zero-order valence-electron chi connectivity index (χ0n) is 15.7. The van der Waals surface area contributed by atoms with Crippen molar-refractivity contribution in [3.8, 4) is 0 Å². The van der Waals surface area contributed by atoms with Crippen molar-refractivity contribution >= 4 is 40.8 Å². The van der Waals surface area contributed by atoms with Gasteiger partial charge in [-0.25, -0.2) is 0 Å². The van der Waals surface area contributed by atoms with Crippen molar-refractivity contribution in [2.45, 2.75) is 26.2 Å². The number of benzene rings is 1. The highest BCUT2D eigenvalue weighted by Gasteiger charge is 2.03. The van der Waals surface area contributed by atoms with E-state index in [1.807, 2.05) is 24.4 Å². The van der Waals surface area contributed by atoms with E-state index in [2.05, 4.69) is 63.0 Å². The number of pyridine rings is 1. The van der Waals surface area contributed by atoms with Crippen molar-refractivity contribution < 1.29 is 0 Å². The molecule has 0 bridgehead atoms. The molecule has 0 saturated carbocycles. The van der Waals surface area contributed by atoms with Crippen LogP contribution in [0, 0.1) is 0 Å². The number of aryl methyl sites for hydroxylation is 1. The molecule has 3 N–H and O–H groups in total. The molecule has 0 unspecified atom stereocenters. The monoisotopic (exact) mass is 477 g/mol. The fourth-order valence-electron chi connectivity index (χ4n) is 3.00. The largest absolute Gasteiger partial charge is 0.361 e. The average molecular weight is 477 g/mol. The fraction of sp³-hybridized carbons (Fsp3) is 0.333. The van der Waals surface area contributed by atoms with Gasteiger partial charge in [0.05, 0.1) is 0 Å². The first-order valence-corrected chi connectivity index (χ1v) is 9.34. The minimum atomic E-state index is 0. The number of aromatic amines is 1. The van der Waals surface area contributed by atoms with Crippen LogP contribution in [0.15, 0.2) is 59.9 Å². The zero-order chi connectivity index (χ0) is 18.0. The third-order valence-electron chi connectivity index (χ3n) is 4.29. The maximum absolute atomic E-state index is 4.69. The Kier molecular flexibility index (Phi) is 9.10. The lowest BCUT2D eigenvalue weighted by molar-refractivity contribution is 0.771. The van der Waals surface area contributed by atoms with Crippen LogP contribution in [-0.4, -0.2) is 35.6 Å². The second-order valence-electron chi connectivity index (χ2n) is 6.22. The van der Waals surface area contributed by atoms with Gasteiger partial charge in [-0.2, -0.15) is 0 Å². The maximum Gasteiger partial charge on any atom is 0.191 e.